The summed E-state index contributed by atoms with van der Waals surface area (Å²) >= 11 is 0. The van der Waals surface area contributed by atoms with Crippen LogP contribution in [0, 0.1) is 0 Å². The van der Waals surface area contributed by atoms with Crippen LogP contribution in [0.1, 0.15) is 6.42 Å². The van der Waals surface area contributed by atoms with E-state index < -0.39 is 10.0 Å². The molecule has 1 saturated heterocycles. The first-order valence-corrected chi connectivity index (χ1v) is 8.24. The number of sulfonamides is 1. The molecule has 1 aliphatic heterocycles. The quantitative estimate of drug-likeness (QED) is 0.796. The van der Waals surface area contributed by atoms with Crippen LogP contribution in [0.5, 0.6) is 0 Å². The Bertz CT molecular complexity index is 597. The molecule has 1 fully saturated rings. The van der Waals surface area contributed by atoms with Gasteiger partial charge in [-0.15, -0.1) is 0 Å². The zero-order valence-corrected chi connectivity index (χ0v) is 12.4. The van der Waals surface area contributed by atoms with Crippen molar-refractivity contribution in [1.82, 2.24) is 4.90 Å². The standard InChI is InChI=1S/C13H19N3O4S/c14-21(18,19)12-4-2-1-3-11(12)15-6-5-13(17)16-7-9-20-10-8-16/h1-4,15H,5-10H2,(H2,14,18,19). The van der Waals surface area contributed by atoms with Gasteiger partial charge in [-0.3, -0.25) is 4.79 Å². The van der Waals surface area contributed by atoms with Crippen molar-refractivity contribution >= 4 is 21.6 Å². The number of primary sulfonamides is 1. The Morgan fingerprint density at radius 2 is 1.95 bits per heavy atom. The highest BCUT2D eigenvalue weighted by Crippen LogP contribution is 2.19. The molecule has 7 nitrogen and oxygen atoms in total. The molecule has 0 radical (unpaired) electrons. The molecule has 1 aromatic rings. The maximum absolute atomic E-state index is 12.0. The Hall–Kier alpha value is -1.64. The molecule has 3 N–H and O–H groups in total. The summed E-state index contributed by atoms with van der Waals surface area (Å²) in [5, 5.41) is 8.10. The number of para-hydroxylation sites is 1. The van der Waals surface area contributed by atoms with Crippen molar-refractivity contribution in [2.45, 2.75) is 11.3 Å². The fourth-order valence-corrected chi connectivity index (χ4v) is 2.85. The Morgan fingerprint density at radius 3 is 2.62 bits per heavy atom. The number of ether oxygens (including phenoxy) is 1. The predicted octanol–water partition coefficient (Wildman–Crippen LogP) is -0.00520. The van der Waals surface area contributed by atoms with Crippen LogP contribution in [0.4, 0.5) is 5.69 Å². The lowest BCUT2D eigenvalue weighted by Crippen LogP contribution is -2.41. The fourth-order valence-electron chi connectivity index (χ4n) is 2.14. The van der Waals surface area contributed by atoms with Crippen molar-refractivity contribution in [3.8, 4) is 0 Å². The smallest absolute Gasteiger partial charge is 0.240 e. The minimum absolute atomic E-state index is 0.0267. The van der Waals surface area contributed by atoms with Gasteiger partial charge < -0.3 is 15.0 Å². The maximum atomic E-state index is 12.0. The average Bonchev–Trinajstić information content (AvgIpc) is 2.47. The SMILES string of the molecule is NS(=O)(=O)c1ccccc1NCCC(=O)N1CCOCC1. The van der Waals surface area contributed by atoms with Crippen LogP contribution >= 0.6 is 0 Å². The topological polar surface area (TPSA) is 102 Å². The van der Waals surface area contributed by atoms with E-state index in [1.165, 1.54) is 6.07 Å². The third-order valence-corrected chi connectivity index (χ3v) is 4.18. The van der Waals surface area contributed by atoms with Crippen molar-refractivity contribution in [3.05, 3.63) is 24.3 Å². The summed E-state index contributed by atoms with van der Waals surface area (Å²) in [6, 6.07) is 6.37. The zero-order valence-electron chi connectivity index (χ0n) is 11.6. The first-order chi connectivity index (χ1) is 9.98. The number of hydrogen-bond acceptors (Lipinski definition) is 5. The summed E-state index contributed by atoms with van der Waals surface area (Å²) in [5.41, 5.74) is 0.412. The highest BCUT2D eigenvalue weighted by molar-refractivity contribution is 7.89. The van der Waals surface area contributed by atoms with Gasteiger partial charge in [0, 0.05) is 26.1 Å². The lowest BCUT2D eigenvalue weighted by atomic mass is 10.3. The van der Waals surface area contributed by atoms with Crippen molar-refractivity contribution in [2.24, 2.45) is 5.14 Å². The first-order valence-electron chi connectivity index (χ1n) is 6.70. The van der Waals surface area contributed by atoms with E-state index in [4.69, 9.17) is 9.88 Å². The molecule has 1 aliphatic rings. The molecule has 0 unspecified atom stereocenters. The van der Waals surface area contributed by atoms with E-state index in [0.717, 1.165) is 0 Å². The van der Waals surface area contributed by atoms with Gasteiger partial charge in [-0.1, -0.05) is 12.1 Å². The number of carbonyl (C=O) groups is 1. The number of nitrogens with one attached hydrogen (secondary N) is 1. The number of anilines is 1. The number of carbonyl (C=O) groups excluding carboxylic acids is 1. The molecule has 0 spiro atoms. The highest BCUT2D eigenvalue weighted by atomic mass is 32.2. The fraction of sp³-hybridized carbons (Fsp3) is 0.462. The summed E-state index contributed by atoms with van der Waals surface area (Å²) in [5.74, 6) is 0.0267. The van der Waals surface area contributed by atoms with Gasteiger partial charge in [0.1, 0.15) is 4.90 Å². The molecule has 0 saturated carbocycles. The monoisotopic (exact) mass is 313 g/mol. The minimum Gasteiger partial charge on any atom is -0.383 e. The van der Waals surface area contributed by atoms with Crippen molar-refractivity contribution in [3.63, 3.8) is 0 Å². The second kappa shape index (κ2) is 6.88. The number of amides is 1. The number of nitrogens with zero attached hydrogens (tertiary/aromatic N) is 1. The summed E-state index contributed by atoms with van der Waals surface area (Å²) in [6.07, 6.45) is 0.291. The van der Waals surface area contributed by atoms with Gasteiger partial charge in [0.25, 0.3) is 0 Å². The largest absolute Gasteiger partial charge is 0.383 e. The Balaban J connectivity index is 1.90. The van der Waals surface area contributed by atoms with Crippen LogP contribution in [-0.2, 0) is 19.6 Å². The number of rotatable bonds is 5. The average molecular weight is 313 g/mol. The Kier molecular flexibility index (Phi) is 5.16. The normalized spacial score (nSPS) is 15.8. The molecule has 8 heteroatoms. The second-order valence-corrected chi connectivity index (χ2v) is 6.24. The van der Waals surface area contributed by atoms with Gasteiger partial charge in [-0.2, -0.15) is 0 Å². The van der Waals surface area contributed by atoms with E-state index in [1.54, 1.807) is 23.1 Å². The van der Waals surface area contributed by atoms with Gasteiger partial charge in [-0.05, 0) is 12.1 Å². The molecule has 0 bridgehead atoms. The lowest BCUT2D eigenvalue weighted by Gasteiger charge is -2.27. The minimum atomic E-state index is -3.78. The number of hydrogen-bond donors (Lipinski definition) is 2. The molecule has 0 aliphatic carbocycles. The molecule has 116 valence electrons. The van der Waals surface area contributed by atoms with Gasteiger partial charge in [0.15, 0.2) is 0 Å². The summed E-state index contributed by atoms with van der Waals surface area (Å²) < 4.78 is 28.1. The first kappa shape index (κ1) is 15.7. The number of benzene rings is 1. The van der Waals surface area contributed by atoms with Crippen LogP contribution in [0.15, 0.2) is 29.2 Å². The summed E-state index contributed by atoms with van der Waals surface area (Å²) in [4.78, 5) is 13.7. The third-order valence-electron chi connectivity index (χ3n) is 3.21. The predicted molar refractivity (Wildman–Crippen MR) is 78.3 cm³/mol. The van der Waals surface area contributed by atoms with Gasteiger partial charge in [-0.25, -0.2) is 13.6 Å². The van der Waals surface area contributed by atoms with E-state index in [-0.39, 0.29) is 10.8 Å². The van der Waals surface area contributed by atoms with Gasteiger partial charge in [0.2, 0.25) is 15.9 Å². The highest BCUT2D eigenvalue weighted by Gasteiger charge is 2.17. The van der Waals surface area contributed by atoms with E-state index >= 15 is 0 Å². The van der Waals surface area contributed by atoms with Crippen LogP contribution in [-0.4, -0.2) is 52.1 Å². The van der Waals surface area contributed by atoms with E-state index in [2.05, 4.69) is 5.32 Å². The van der Waals surface area contributed by atoms with Crippen LogP contribution < -0.4 is 10.5 Å². The summed E-state index contributed by atoms with van der Waals surface area (Å²) in [7, 11) is -3.78. The zero-order chi connectivity index (χ0) is 15.3. The van der Waals surface area contributed by atoms with E-state index in [0.29, 0.717) is 45.0 Å². The van der Waals surface area contributed by atoms with Crippen LogP contribution in [0.25, 0.3) is 0 Å². The van der Waals surface area contributed by atoms with Crippen LogP contribution in [0.3, 0.4) is 0 Å². The lowest BCUT2D eigenvalue weighted by molar-refractivity contribution is -0.134. The molecule has 1 aromatic carbocycles. The number of morpholine rings is 1. The van der Waals surface area contributed by atoms with Crippen LogP contribution in [0.2, 0.25) is 0 Å². The van der Waals surface area contributed by atoms with Crippen molar-refractivity contribution < 1.29 is 17.9 Å². The molecule has 2 rings (SSSR count). The van der Waals surface area contributed by atoms with E-state index in [9.17, 15) is 13.2 Å². The third kappa shape index (κ3) is 4.42. The number of nitrogens with two attached hydrogens (primary N) is 1. The Morgan fingerprint density at radius 1 is 1.29 bits per heavy atom. The summed E-state index contributed by atoms with van der Waals surface area (Å²) in [6.45, 7) is 2.68. The van der Waals surface area contributed by atoms with Gasteiger partial charge in [0.05, 0.1) is 18.9 Å². The van der Waals surface area contributed by atoms with Crippen molar-refractivity contribution in [1.29, 1.82) is 0 Å². The molecule has 0 aromatic heterocycles. The molecular weight excluding hydrogens is 294 g/mol. The molecule has 0 atom stereocenters. The molecule has 21 heavy (non-hydrogen) atoms. The second-order valence-electron chi connectivity index (χ2n) is 4.71. The maximum Gasteiger partial charge on any atom is 0.240 e. The van der Waals surface area contributed by atoms with Gasteiger partial charge >= 0.3 is 0 Å². The Labute approximate surface area is 124 Å². The van der Waals surface area contributed by atoms with Crippen molar-refractivity contribution in [2.75, 3.05) is 38.2 Å². The van der Waals surface area contributed by atoms with E-state index in [1.807, 2.05) is 0 Å². The molecular formula is C13H19N3O4S. The molecule has 1 amide bonds. The molecule has 1 heterocycles.